The van der Waals surface area contributed by atoms with Crippen molar-refractivity contribution in [1.29, 1.82) is 0 Å². The van der Waals surface area contributed by atoms with Gasteiger partial charge in [-0.3, -0.25) is 0 Å². The summed E-state index contributed by atoms with van der Waals surface area (Å²) in [6.45, 7) is -0.0305. The smallest absolute Gasteiger partial charge is 0.214 e. The van der Waals surface area contributed by atoms with Gasteiger partial charge in [0, 0.05) is 12.6 Å². The molecule has 2 heterocycles. The molecule has 19 heavy (non-hydrogen) atoms. The van der Waals surface area contributed by atoms with E-state index in [1.54, 1.807) is 18.2 Å². The minimum atomic E-state index is -3.49. The van der Waals surface area contributed by atoms with Gasteiger partial charge in [0.25, 0.3) is 0 Å². The second-order valence-corrected chi connectivity index (χ2v) is 7.46. The lowest BCUT2D eigenvalue weighted by molar-refractivity contribution is 0.112. The van der Waals surface area contributed by atoms with E-state index in [4.69, 9.17) is 0 Å². The third-order valence-corrected chi connectivity index (χ3v) is 5.86. The number of benzene rings is 1. The first kappa shape index (κ1) is 13.0. The lowest BCUT2D eigenvalue weighted by Crippen LogP contribution is -2.38. The molecule has 3 aliphatic rings. The van der Waals surface area contributed by atoms with Gasteiger partial charge in [0.1, 0.15) is 11.5 Å². The van der Waals surface area contributed by atoms with Crippen LogP contribution in [0.2, 0.25) is 0 Å². The highest BCUT2D eigenvalue weighted by Gasteiger charge is 2.59. The molecule has 2 bridgehead atoms. The standard InChI is InChI=1S/C13H15F2NO2S/c14-12-4-2-1-3-10(12)5-6-19(17,18)16-9-13(15)7-11(16)8-13/h1-4,11H,5-9H2. The van der Waals surface area contributed by atoms with Crippen LogP contribution in [0.15, 0.2) is 24.3 Å². The number of halogens is 2. The van der Waals surface area contributed by atoms with E-state index >= 15 is 0 Å². The van der Waals surface area contributed by atoms with E-state index in [2.05, 4.69) is 0 Å². The van der Waals surface area contributed by atoms with Gasteiger partial charge in [0.2, 0.25) is 10.0 Å². The van der Waals surface area contributed by atoms with Crippen molar-refractivity contribution in [3.05, 3.63) is 35.6 Å². The van der Waals surface area contributed by atoms with Crippen LogP contribution in [0.5, 0.6) is 0 Å². The van der Waals surface area contributed by atoms with Gasteiger partial charge in [0.15, 0.2) is 0 Å². The van der Waals surface area contributed by atoms with Crippen LogP contribution >= 0.6 is 0 Å². The van der Waals surface area contributed by atoms with Gasteiger partial charge in [-0.15, -0.1) is 0 Å². The topological polar surface area (TPSA) is 37.4 Å². The summed E-state index contributed by atoms with van der Waals surface area (Å²) in [6, 6.07) is 5.94. The minimum Gasteiger partial charge on any atom is -0.242 e. The monoisotopic (exact) mass is 287 g/mol. The second-order valence-electron chi connectivity index (χ2n) is 5.42. The quantitative estimate of drug-likeness (QED) is 0.848. The SMILES string of the molecule is O=S(=O)(CCc1ccccc1F)N1CC2(F)CC1C2. The molecule has 2 saturated heterocycles. The number of rotatable bonds is 4. The zero-order valence-corrected chi connectivity index (χ0v) is 11.2. The largest absolute Gasteiger partial charge is 0.242 e. The van der Waals surface area contributed by atoms with Gasteiger partial charge >= 0.3 is 0 Å². The van der Waals surface area contributed by atoms with Gasteiger partial charge in [-0.25, -0.2) is 17.2 Å². The zero-order valence-electron chi connectivity index (χ0n) is 10.4. The van der Waals surface area contributed by atoms with Crippen LogP contribution in [0.4, 0.5) is 8.78 Å². The van der Waals surface area contributed by atoms with Crippen LogP contribution in [0.1, 0.15) is 18.4 Å². The fraction of sp³-hybridized carbons (Fsp3) is 0.538. The number of alkyl halides is 1. The molecule has 1 saturated carbocycles. The molecule has 6 heteroatoms. The molecule has 3 fully saturated rings. The molecular formula is C13H15F2NO2S. The second kappa shape index (κ2) is 4.24. The van der Waals surface area contributed by atoms with Crippen LogP contribution in [0.25, 0.3) is 0 Å². The summed E-state index contributed by atoms with van der Waals surface area (Å²) >= 11 is 0. The van der Waals surface area contributed by atoms with Gasteiger partial charge in [-0.05, 0) is 30.9 Å². The number of hydrogen-bond donors (Lipinski definition) is 0. The van der Waals surface area contributed by atoms with Crippen molar-refractivity contribution in [2.45, 2.75) is 31.0 Å². The molecular weight excluding hydrogens is 272 g/mol. The summed E-state index contributed by atoms with van der Waals surface area (Å²) in [5.74, 6) is -0.564. The molecule has 0 unspecified atom stereocenters. The molecule has 3 nitrogen and oxygen atoms in total. The average Bonchev–Trinajstić information content (AvgIpc) is 2.82. The van der Waals surface area contributed by atoms with Crippen molar-refractivity contribution in [1.82, 2.24) is 4.31 Å². The lowest BCUT2D eigenvalue weighted by Gasteiger charge is -2.29. The number of fused-ring (bicyclic) bond motifs is 1. The Kier molecular flexibility index (Phi) is 2.90. The van der Waals surface area contributed by atoms with Crippen LogP contribution in [0.3, 0.4) is 0 Å². The van der Waals surface area contributed by atoms with Gasteiger partial charge < -0.3 is 0 Å². The normalized spacial score (nSPS) is 30.3. The Morgan fingerprint density at radius 3 is 2.58 bits per heavy atom. The van der Waals surface area contributed by atoms with Crippen LogP contribution < -0.4 is 0 Å². The summed E-state index contributed by atoms with van der Waals surface area (Å²) < 4.78 is 52.7. The van der Waals surface area contributed by atoms with Crippen molar-refractivity contribution in [2.24, 2.45) is 0 Å². The van der Waals surface area contributed by atoms with Crippen molar-refractivity contribution in [3.8, 4) is 0 Å². The first-order valence-electron chi connectivity index (χ1n) is 6.32. The summed E-state index contributed by atoms with van der Waals surface area (Å²) in [4.78, 5) is 0. The maximum Gasteiger partial charge on any atom is 0.214 e. The molecule has 104 valence electrons. The average molecular weight is 287 g/mol. The Bertz CT molecular complexity index is 596. The van der Waals surface area contributed by atoms with E-state index < -0.39 is 21.5 Å². The molecule has 4 rings (SSSR count). The number of nitrogens with zero attached hydrogens (tertiary/aromatic N) is 1. The first-order valence-corrected chi connectivity index (χ1v) is 7.92. The Balaban J connectivity index is 1.68. The third-order valence-electron chi connectivity index (χ3n) is 3.99. The van der Waals surface area contributed by atoms with Crippen LogP contribution in [0, 0.1) is 5.82 Å². The van der Waals surface area contributed by atoms with Gasteiger partial charge in [-0.2, -0.15) is 4.31 Å². The minimum absolute atomic E-state index is 0.0305. The van der Waals surface area contributed by atoms with Crippen LogP contribution in [-0.2, 0) is 16.4 Å². The predicted molar refractivity (Wildman–Crippen MR) is 67.5 cm³/mol. The van der Waals surface area contributed by atoms with Crippen molar-refractivity contribution < 1.29 is 17.2 Å². The molecule has 0 spiro atoms. The number of sulfonamides is 1. The van der Waals surface area contributed by atoms with E-state index in [1.165, 1.54) is 10.4 Å². The first-order chi connectivity index (χ1) is 8.90. The van der Waals surface area contributed by atoms with E-state index in [9.17, 15) is 17.2 Å². The number of aryl methyl sites for hydroxylation is 1. The molecule has 0 amide bonds. The lowest BCUT2D eigenvalue weighted by atomic mass is 9.83. The molecule has 0 aromatic heterocycles. The van der Waals surface area contributed by atoms with Crippen LogP contribution in [-0.4, -0.2) is 36.7 Å². The van der Waals surface area contributed by atoms with Crippen molar-refractivity contribution in [3.63, 3.8) is 0 Å². The highest BCUT2D eigenvalue weighted by Crippen LogP contribution is 2.48. The van der Waals surface area contributed by atoms with Gasteiger partial charge in [0.05, 0.1) is 5.75 Å². The van der Waals surface area contributed by atoms with E-state index in [0.717, 1.165) is 0 Å². The van der Waals surface area contributed by atoms with E-state index in [1.807, 2.05) is 0 Å². The fourth-order valence-electron chi connectivity index (χ4n) is 2.91. The van der Waals surface area contributed by atoms with E-state index in [0.29, 0.717) is 18.4 Å². The Morgan fingerprint density at radius 2 is 2.00 bits per heavy atom. The van der Waals surface area contributed by atoms with Gasteiger partial charge in [-0.1, -0.05) is 18.2 Å². The molecule has 1 aromatic carbocycles. The van der Waals surface area contributed by atoms with Crippen molar-refractivity contribution >= 4 is 10.0 Å². The molecule has 1 aliphatic carbocycles. The predicted octanol–water partition coefficient (Wildman–Crippen LogP) is 1.88. The van der Waals surface area contributed by atoms with E-state index in [-0.39, 0.29) is 24.8 Å². The molecule has 1 aromatic rings. The highest BCUT2D eigenvalue weighted by atomic mass is 32.2. The summed E-state index contributed by atoms with van der Waals surface area (Å²) in [6.07, 6.45) is 0.745. The molecule has 0 atom stereocenters. The summed E-state index contributed by atoms with van der Waals surface area (Å²) in [5, 5.41) is 0. The maximum atomic E-state index is 13.7. The number of hydrogen-bond acceptors (Lipinski definition) is 2. The Labute approximate surface area is 111 Å². The Morgan fingerprint density at radius 1 is 1.32 bits per heavy atom. The highest BCUT2D eigenvalue weighted by molar-refractivity contribution is 7.89. The molecule has 0 N–H and O–H groups in total. The molecule has 2 aliphatic heterocycles. The fourth-order valence-corrected chi connectivity index (χ4v) is 4.65. The summed E-state index contributed by atoms with van der Waals surface area (Å²) in [5.41, 5.74) is -0.928. The third kappa shape index (κ3) is 2.27. The molecule has 0 radical (unpaired) electrons. The Hall–Kier alpha value is -1.01. The maximum absolute atomic E-state index is 13.7. The summed E-state index contributed by atoms with van der Waals surface area (Å²) in [7, 11) is -3.49. The van der Waals surface area contributed by atoms with Crippen molar-refractivity contribution in [2.75, 3.05) is 12.3 Å². The zero-order chi connectivity index (χ0) is 13.7.